The zero-order valence-electron chi connectivity index (χ0n) is 35.3. The molecule has 3 amide bonds. The zero-order chi connectivity index (χ0) is 45.2. The Morgan fingerprint density at radius 2 is 0.895 bits per heavy atom. The lowest BCUT2D eigenvalue weighted by Crippen LogP contribution is -2.45. The standard InChI is InChI=1S/C15H29NO8S.C9H18BrNO3.C5H12O5S.C4H10O3/c1-14(2,3)23-12(17)16(13(18)24-15(4,5)6)8-9-21-10-11-22-25(7,19)20;1-9(2,3)14-8(12)11-5-7-13-6-4-10;1-11(7,8)10-5-4-9-3-2-6;5-1-3-7-4-2-6/h8-11H2,1-7H3;4-7H2,1-3H3,(H,11,12);6H,2-5H2,1H3;5-6H,1-4H2. The molecule has 0 aliphatic heterocycles. The van der Waals surface area contributed by atoms with Gasteiger partial charge in [0.1, 0.15) is 16.8 Å². The molecule has 0 aliphatic rings. The molecule has 57 heavy (non-hydrogen) atoms. The normalized spacial score (nSPS) is 11.7. The Labute approximate surface area is 347 Å². The van der Waals surface area contributed by atoms with Gasteiger partial charge >= 0.3 is 18.3 Å². The van der Waals surface area contributed by atoms with Gasteiger partial charge in [-0.25, -0.2) is 19.3 Å². The second-order valence-electron chi connectivity index (χ2n) is 13.9. The van der Waals surface area contributed by atoms with Crippen LogP contribution in [0.3, 0.4) is 0 Å². The number of ether oxygens (including phenoxy) is 7. The Bertz CT molecular complexity index is 1210. The fraction of sp³-hybridized carbons (Fsp3) is 0.909. The molecule has 24 heteroatoms. The largest absolute Gasteiger partial charge is 0.444 e. The number of hydrogen-bond donors (Lipinski definition) is 4. The molecule has 0 radical (unpaired) electrons. The molecule has 4 N–H and O–H groups in total. The Kier molecular flexibility index (Phi) is 37.7. The summed E-state index contributed by atoms with van der Waals surface area (Å²) in [6, 6.07) is 0. The van der Waals surface area contributed by atoms with Crippen molar-refractivity contribution in [2.45, 2.75) is 79.1 Å². The SMILES string of the molecule is CC(C)(C)OC(=O)N(CCOCCOS(C)(=O)=O)C(=O)OC(C)(C)C.CC(C)(C)OC(=O)NCCOCCBr.CS(=O)(=O)OCCOCCO.OCCOCCO. The van der Waals surface area contributed by atoms with E-state index in [4.69, 9.17) is 43.7 Å². The minimum atomic E-state index is -3.53. The van der Waals surface area contributed by atoms with Crippen LogP contribution in [0.25, 0.3) is 0 Å². The fourth-order valence-corrected chi connectivity index (χ4v) is 3.70. The van der Waals surface area contributed by atoms with Gasteiger partial charge in [-0.05, 0) is 62.3 Å². The number of alkyl halides is 1. The third kappa shape index (κ3) is 58.4. The highest BCUT2D eigenvalue weighted by molar-refractivity contribution is 9.09. The maximum absolute atomic E-state index is 12.2. The summed E-state index contributed by atoms with van der Waals surface area (Å²) in [6.07, 6.45) is -0.200. The van der Waals surface area contributed by atoms with Gasteiger partial charge in [-0.3, -0.25) is 8.37 Å². The van der Waals surface area contributed by atoms with Crippen LogP contribution in [0.4, 0.5) is 14.4 Å². The van der Waals surface area contributed by atoms with Gasteiger partial charge in [0.05, 0.1) is 105 Å². The lowest BCUT2D eigenvalue weighted by Gasteiger charge is -2.28. The molecule has 0 aromatic carbocycles. The first kappa shape index (κ1) is 61.7. The molecule has 0 rings (SSSR count). The fourth-order valence-electron chi connectivity index (χ4n) is 2.73. The number of aliphatic hydroxyl groups excluding tert-OH is 3. The molecular formula is C33H69BrN2O19S2. The highest BCUT2D eigenvalue weighted by Crippen LogP contribution is 2.14. The van der Waals surface area contributed by atoms with Crippen LogP contribution in [-0.4, -0.2) is 189 Å². The van der Waals surface area contributed by atoms with Gasteiger partial charge in [-0.15, -0.1) is 0 Å². The third-order valence-electron chi connectivity index (χ3n) is 4.58. The summed E-state index contributed by atoms with van der Waals surface area (Å²) >= 11 is 3.23. The number of carbonyl (C=O) groups excluding carboxylic acids is 3. The molecule has 0 fully saturated rings. The van der Waals surface area contributed by atoms with E-state index in [0.29, 0.717) is 33.0 Å². The number of imide groups is 1. The number of hydrogen-bond acceptors (Lipinski definition) is 19. The first-order valence-corrected chi connectivity index (χ1v) is 22.4. The van der Waals surface area contributed by atoms with Crippen LogP contribution in [0.2, 0.25) is 0 Å². The monoisotopic (exact) mass is 940 g/mol. The second-order valence-corrected chi connectivity index (χ2v) is 18.0. The summed E-state index contributed by atoms with van der Waals surface area (Å²) in [5.74, 6) is 0. The Morgan fingerprint density at radius 3 is 1.23 bits per heavy atom. The molecule has 0 heterocycles. The highest BCUT2D eigenvalue weighted by Gasteiger charge is 2.31. The van der Waals surface area contributed by atoms with Crippen molar-refractivity contribution >= 4 is 54.4 Å². The molecule has 0 aromatic heterocycles. The average molecular weight is 942 g/mol. The molecule has 0 spiro atoms. The zero-order valence-corrected chi connectivity index (χ0v) is 38.5. The van der Waals surface area contributed by atoms with Crippen molar-refractivity contribution in [1.29, 1.82) is 0 Å². The van der Waals surface area contributed by atoms with E-state index in [9.17, 15) is 31.2 Å². The lowest BCUT2D eigenvalue weighted by molar-refractivity contribution is -0.00546. The van der Waals surface area contributed by atoms with Gasteiger partial charge in [0.2, 0.25) is 0 Å². The minimum absolute atomic E-state index is 0.00116. The number of alkyl carbamates (subject to hydrolysis) is 1. The van der Waals surface area contributed by atoms with E-state index >= 15 is 0 Å². The molecule has 0 aromatic rings. The summed E-state index contributed by atoms with van der Waals surface area (Å²) < 4.78 is 86.2. The topological polar surface area (TPSA) is 279 Å². The molecule has 0 unspecified atom stereocenters. The quantitative estimate of drug-likeness (QED) is 0.0523. The smallest absolute Gasteiger partial charge is 0.419 e. The van der Waals surface area contributed by atoms with E-state index in [1.165, 1.54) is 0 Å². The van der Waals surface area contributed by atoms with E-state index < -0.39 is 55.3 Å². The summed E-state index contributed by atoms with van der Waals surface area (Å²) in [4.78, 5) is 36.3. The maximum Gasteiger partial charge on any atom is 0.419 e. The maximum atomic E-state index is 12.2. The molecule has 0 atom stereocenters. The first-order chi connectivity index (χ1) is 26.0. The molecule has 0 saturated carbocycles. The van der Waals surface area contributed by atoms with E-state index in [1.54, 1.807) is 41.5 Å². The number of rotatable bonds is 22. The summed E-state index contributed by atoms with van der Waals surface area (Å²) in [5, 5.41) is 27.8. The van der Waals surface area contributed by atoms with Crippen LogP contribution in [0.15, 0.2) is 0 Å². The van der Waals surface area contributed by atoms with Gasteiger partial charge in [-0.1, -0.05) is 15.9 Å². The average Bonchev–Trinajstić information content (AvgIpc) is 3.02. The number of aliphatic hydroxyl groups is 3. The minimum Gasteiger partial charge on any atom is -0.444 e. The van der Waals surface area contributed by atoms with Crippen LogP contribution in [0.5, 0.6) is 0 Å². The summed E-state index contributed by atoms with van der Waals surface area (Å²) in [5.41, 5.74) is -2.00. The van der Waals surface area contributed by atoms with E-state index in [-0.39, 0.29) is 66.0 Å². The van der Waals surface area contributed by atoms with Crippen molar-refractivity contribution in [2.24, 2.45) is 0 Å². The van der Waals surface area contributed by atoms with Crippen molar-refractivity contribution in [3.8, 4) is 0 Å². The summed E-state index contributed by atoms with van der Waals surface area (Å²) in [6.45, 7) is 17.9. The van der Waals surface area contributed by atoms with Crippen LogP contribution in [-0.2, 0) is 61.8 Å². The molecular weight excluding hydrogens is 872 g/mol. The Hall–Kier alpha value is -1.97. The Morgan fingerprint density at radius 1 is 0.544 bits per heavy atom. The number of nitrogens with zero attached hydrogens (tertiary/aromatic N) is 1. The number of amides is 3. The lowest BCUT2D eigenvalue weighted by atomic mass is 10.2. The van der Waals surface area contributed by atoms with Crippen LogP contribution < -0.4 is 5.32 Å². The number of halogens is 1. The van der Waals surface area contributed by atoms with E-state index in [0.717, 1.165) is 22.7 Å². The van der Waals surface area contributed by atoms with Gasteiger partial charge in [0.25, 0.3) is 20.2 Å². The number of carbonyl (C=O) groups is 3. The van der Waals surface area contributed by atoms with E-state index in [2.05, 4.69) is 34.3 Å². The van der Waals surface area contributed by atoms with Crippen molar-refractivity contribution in [3.63, 3.8) is 0 Å². The van der Waals surface area contributed by atoms with Crippen LogP contribution in [0.1, 0.15) is 62.3 Å². The van der Waals surface area contributed by atoms with Gasteiger partial charge < -0.3 is 53.8 Å². The second kappa shape index (κ2) is 34.8. The van der Waals surface area contributed by atoms with Crippen molar-refractivity contribution < 1.29 is 88.1 Å². The predicted octanol–water partition coefficient (Wildman–Crippen LogP) is 2.03. The van der Waals surface area contributed by atoms with Crippen molar-refractivity contribution in [2.75, 3.05) is 117 Å². The molecule has 344 valence electrons. The highest BCUT2D eigenvalue weighted by atomic mass is 79.9. The van der Waals surface area contributed by atoms with Crippen molar-refractivity contribution in [1.82, 2.24) is 10.2 Å². The molecule has 0 aliphatic carbocycles. The molecule has 21 nitrogen and oxygen atoms in total. The van der Waals surface area contributed by atoms with Crippen LogP contribution in [0, 0.1) is 0 Å². The van der Waals surface area contributed by atoms with Crippen LogP contribution >= 0.6 is 15.9 Å². The van der Waals surface area contributed by atoms with Crippen molar-refractivity contribution in [3.05, 3.63) is 0 Å². The summed E-state index contributed by atoms with van der Waals surface area (Å²) in [7, 11) is -6.89. The van der Waals surface area contributed by atoms with E-state index in [1.807, 2.05) is 20.8 Å². The Balaban J connectivity index is -0.000000368. The first-order valence-electron chi connectivity index (χ1n) is 17.6. The third-order valence-corrected chi connectivity index (χ3v) is 6.09. The predicted molar refractivity (Wildman–Crippen MR) is 213 cm³/mol. The molecule has 0 saturated heterocycles. The van der Waals surface area contributed by atoms with Gasteiger partial charge in [0, 0.05) is 11.9 Å². The molecule has 0 bridgehead atoms. The van der Waals surface area contributed by atoms with Gasteiger partial charge in [-0.2, -0.15) is 16.8 Å². The van der Waals surface area contributed by atoms with Gasteiger partial charge in [0.15, 0.2) is 0 Å². The number of nitrogens with one attached hydrogen (secondary N) is 1.